The number of nitrogens with zero attached hydrogens (tertiary/aromatic N) is 5. The highest BCUT2D eigenvalue weighted by Gasteiger charge is 2.06. The van der Waals surface area contributed by atoms with Crippen molar-refractivity contribution in [2.45, 2.75) is 13.2 Å². The van der Waals surface area contributed by atoms with Gasteiger partial charge in [-0.05, 0) is 0 Å². The quantitative estimate of drug-likeness (QED) is 0.736. The zero-order valence-corrected chi connectivity index (χ0v) is 8.62. The fraction of sp³-hybridized carbons (Fsp3) is 0.333. The van der Waals surface area contributed by atoms with Crippen molar-refractivity contribution in [1.29, 1.82) is 5.26 Å². The average molecular weight is 219 g/mol. The van der Waals surface area contributed by atoms with E-state index in [4.69, 9.17) is 14.5 Å². The molecule has 2 rings (SSSR count). The smallest absolute Gasteiger partial charge is 0.252 e. The molecule has 0 unspecified atom stereocenters. The van der Waals surface area contributed by atoms with E-state index in [1.165, 1.54) is 11.0 Å². The van der Waals surface area contributed by atoms with Gasteiger partial charge in [0.2, 0.25) is 0 Å². The highest BCUT2D eigenvalue weighted by molar-refractivity contribution is 5.08. The maximum atomic E-state index is 8.55. The van der Waals surface area contributed by atoms with Crippen molar-refractivity contribution in [3.05, 3.63) is 29.7 Å². The standard InChI is InChI=1S/C9H9N5O2/c1-15-5-8-2-7(13-16-8)4-14-6-11-9(3-10)12-14/h2,6H,4-5H2,1H3. The Labute approximate surface area is 91.2 Å². The summed E-state index contributed by atoms with van der Waals surface area (Å²) in [5.74, 6) is 0.790. The first-order valence-corrected chi connectivity index (χ1v) is 4.55. The van der Waals surface area contributed by atoms with Crippen LogP contribution in [-0.4, -0.2) is 27.0 Å². The molecule has 0 saturated heterocycles. The molecule has 2 aromatic rings. The minimum Gasteiger partial charge on any atom is -0.377 e. The van der Waals surface area contributed by atoms with Crippen LogP contribution in [0.1, 0.15) is 17.3 Å². The first kappa shape index (κ1) is 10.3. The second-order valence-corrected chi connectivity index (χ2v) is 3.10. The van der Waals surface area contributed by atoms with Crippen molar-refractivity contribution >= 4 is 0 Å². The molecule has 0 aliphatic rings. The molecule has 16 heavy (non-hydrogen) atoms. The molecule has 2 heterocycles. The summed E-state index contributed by atoms with van der Waals surface area (Å²) in [7, 11) is 1.58. The van der Waals surface area contributed by atoms with Crippen LogP contribution in [0.25, 0.3) is 0 Å². The Morgan fingerprint density at radius 1 is 1.62 bits per heavy atom. The fourth-order valence-electron chi connectivity index (χ4n) is 1.23. The van der Waals surface area contributed by atoms with Crippen molar-refractivity contribution in [3.8, 4) is 6.07 Å². The minimum atomic E-state index is 0.139. The molecule has 0 fully saturated rings. The van der Waals surface area contributed by atoms with E-state index in [1.54, 1.807) is 13.2 Å². The van der Waals surface area contributed by atoms with Crippen molar-refractivity contribution in [2.75, 3.05) is 7.11 Å². The molecule has 0 saturated carbocycles. The van der Waals surface area contributed by atoms with Gasteiger partial charge in [-0.3, -0.25) is 0 Å². The second kappa shape index (κ2) is 4.55. The van der Waals surface area contributed by atoms with Gasteiger partial charge in [0, 0.05) is 13.2 Å². The van der Waals surface area contributed by atoms with Gasteiger partial charge in [0.1, 0.15) is 24.7 Å². The summed E-state index contributed by atoms with van der Waals surface area (Å²) < 4.78 is 11.4. The summed E-state index contributed by atoms with van der Waals surface area (Å²) in [6.45, 7) is 0.801. The van der Waals surface area contributed by atoms with E-state index in [2.05, 4.69) is 15.2 Å². The van der Waals surface area contributed by atoms with Gasteiger partial charge < -0.3 is 9.26 Å². The molecule has 7 nitrogen and oxygen atoms in total. The van der Waals surface area contributed by atoms with Gasteiger partial charge in [-0.25, -0.2) is 9.67 Å². The molecule has 0 N–H and O–H groups in total. The lowest BCUT2D eigenvalue weighted by Crippen LogP contribution is -2.00. The van der Waals surface area contributed by atoms with Gasteiger partial charge in [0.05, 0.1) is 6.54 Å². The van der Waals surface area contributed by atoms with E-state index in [0.717, 1.165) is 0 Å². The van der Waals surface area contributed by atoms with Crippen LogP contribution in [-0.2, 0) is 17.9 Å². The van der Waals surface area contributed by atoms with Crippen LogP contribution in [0.3, 0.4) is 0 Å². The third-order valence-corrected chi connectivity index (χ3v) is 1.85. The zero-order valence-electron chi connectivity index (χ0n) is 8.62. The van der Waals surface area contributed by atoms with Crippen LogP contribution in [0.2, 0.25) is 0 Å². The van der Waals surface area contributed by atoms with E-state index in [9.17, 15) is 0 Å². The van der Waals surface area contributed by atoms with Crippen LogP contribution >= 0.6 is 0 Å². The lowest BCUT2D eigenvalue weighted by Gasteiger charge is -1.92. The summed E-state index contributed by atoms with van der Waals surface area (Å²) in [4.78, 5) is 3.78. The molecular weight excluding hydrogens is 210 g/mol. The van der Waals surface area contributed by atoms with Gasteiger partial charge in [-0.15, -0.1) is 5.10 Å². The Balaban J connectivity index is 2.05. The monoisotopic (exact) mass is 219 g/mol. The van der Waals surface area contributed by atoms with E-state index in [1.807, 2.05) is 6.07 Å². The lowest BCUT2D eigenvalue weighted by molar-refractivity contribution is 0.155. The van der Waals surface area contributed by atoms with Crippen molar-refractivity contribution in [3.63, 3.8) is 0 Å². The number of ether oxygens (including phenoxy) is 1. The molecule has 0 aliphatic heterocycles. The van der Waals surface area contributed by atoms with E-state index in [0.29, 0.717) is 24.6 Å². The maximum absolute atomic E-state index is 8.55. The summed E-state index contributed by atoms with van der Waals surface area (Å²) in [6.07, 6.45) is 1.48. The first-order valence-electron chi connectivity index (χ1n) is 4.55. The Hall–Kier alpha value is -2.20. The van der Waals surface area contributed by atoms with E-state index >= 15 is 0 Å². The van der Waals surface area contributed by atoms with Crippen LogP contribution in [0.15, 0.2) is 16.9 Å². The molecule has 0 spiro atoms. The molecule has 0 bridgehead atoms. The second-order valence-electron chi connectivity index (χ2n) is 3.10. The largest absolute Gasteiger partial charge is 0.377 e. The minimum absolute atomic E-state index is 0.139. The number of methoxy groups -OCH3 is 1. The molecule has 0 atom stereocenters. The summed E-state index contributed by atoms with van der Waals surface area (Å²) in [5, 5.41) is 16.3. The number of aromatic nitrogens is 4. The summed E-state index contributed by atoms with van der Waals surface area (Å²) in [5.41, 5.74) is 0.710. The SMILES string of the molecule is COCc1cc(Cn2cnc(C#N)n2)no1. The average Bonchev–Trinajstić information content (AvgIpc) is 2.89. The van der Waals surface area contributed by atoms with Crippen LogP contribution in [0.4, 0.5) is 0 Å². The Kier molecular flexibility index (Phi) is 2.93. The predicted octanol–water partition coefficient (Wildman–Crippen LogP) is 0.332. The Morgan fingerprint density at radius 3 is 3.19 bits per heavy atom. The number of hydrogen-bond acceptors (Lipinski definition) is 6. The van der Waals surface area contributed by atoms with Crippen LogP contribution < -0.4 is 0 Å². The fourth-order valence-corrected chi connectivity index (χ4v) is 1.23. The first-order chi connectivity index (χ1) is 7.81. The van der Waals surface area contributed by atoms with Gasteiger partial charge in [0.15, 0.2) is 5.76 Å². The topological polar surface area (TPSA) is 89.8 Å². The third kappa shape index (κ3) is 2.24. The molecule has 0 radical (unpaired) electrons. The summed E-state index contributed by atoms with van der Waals surface area (Å²) >= 11 is 0. The molecule has 0 aromatic carbocycles. The van der Waals surface area contributed by atoms with Gasteiger partial charge >= 0.3 is 0 Å². The van der Waals surface area contributed by atoms with Crippen molar-refractivity contribution < 1.29 is 9.26 Å². The van der Waals surface area contributed by atoms with Gasteiger partial charge in [-0.1, -0.05) is 5.16 Å². The van der Waals surface area contributed by atoms with Crippen LogP contribution in [0, 0.1) is 11.3 Å². The third-order valence-electron chi connectivity index (χ3n) is 1.85. The summed E-state index contributed by atoms with van der Waals surface area (Å²) in [6, 6.07) is 3.63. The maximum Gasteiger partial charge on any atom is 0.252 e. The van der Waals surface area contributed by atoms with E-state index < -0.39 is 0 Å². The zero-order chi connectivity index (χ0) is 11.4. The molecule has 82 valence electrons. The highest BCUT2D eigenvalue weighted by atomic mass is 16.5. The molecule has 0 amide bonds. The Bertz CT molecular complexity index is 510. The van der Waals surface area contributed by atoms with Crippen LogP contribution in [0.5, 0.6) is 0 Å². The number of nitriles is 1. The van der Waals surface area contributed by atoms with Gasteiger partial charge in [-0.2, -0.15) is 5.26 Å². The predicted molar refractivity (Wildman–Crippen MR) is 51.1 cm³/mol. The van der Waals surface area contributed by atoms with Crippen molar-refractivity contribution in [1.82, 2.24) is 19.9 Å². The van der Waals surface area contributed by atoms with Gasteiger partial charge in [0.25, 0.3) is 5.82 Å². The molecule has 7 heteroatoms. The normalized spacial score (nSPS) is 10.2. The van der Waals surface area contributed by atoms with Crippen molar-refractivity contribution in [2.24, 2.45) is 0 Å². The number of rotatable bonds is 4. The Morgan fingerprint density at radius 2 is 2.50 bits per heavy atom. The number of hydrogen-bond donors (Lipinski definition) is 0. The highest BCUT2D eigenvalue weighted by Crippen LogP contribution is 2.06. The molecule has 2 aromatic heterocycles. The lowest BCUT2D eigenvalue weighted by atomic mass is 10.4. The molecule has 0 aliphatic carbocycles. The van der Waals surface area contributed by atoms with E-state index in [-0.39, 0.29) is 5.82 Å². The molecular formula is C9H9N5O2.